The summed E-state index contributed by atoms with van der Waals surface area (Å²) in [4.78, 5) is 0. The number of rotatable bonds is 2. The first-order valence-electron chi connectivity index (χ1n) is 14.3. The van der Waals surface area contributed by atoms with Gasteiger partial charge in [0.2, 0.25) is 0 Å². The molecule has 1 saturated heterocycles. The number of nitrogens with zero attached hydrogens (tertiary/aromatic N) is 1. The largest absolute Gasteiger partial charge is 0.494 e. The first-order chi connectivity index (χ1) is 17.8. The van der Waals surface area contributed by atoms with Crippen molar-refractivity contribution in [2.45, 2.75) is 91.1 Å². The predicted molar refractivity (Wildman–Crippen MR) is 161 cm³/mol. The molecule has 2 aliphatic rings. The van der Waals surface area contributed by atoms with Crippen LogP contribution in [0.5, 0.6) is 0 Å². The summed E-state index contributed by atoms with van der Waals surface area (Å²) < 4.78 is 15.4. The number of hydrogen-bond donors (Lipinski definition) is 0. The fraction of sp³-hybridized carbons (Fsp3) is 0.471. The summed E-state index contributed by atoms with van der Waals surface area (Å²) in [7, 11) is -0.382. The van der Waals surface area contributed by atoms with E-state index in [2.05, 4.69) is 121 Å². The van der Waals surface area contributed by atoms with Crippen LogP contribution < -0.4 is 5.46 Å². The van der Waals surface area contributed by atoms with Crippen LogP contribution in [0.3, 0.4) is 0 Å². The summed E-state index contributed by atoms with van der Waals surface area (Å²) in [6.07, 6.45) is 3.39. The third-order valence-corrected chi connectivity index (χ3v) is 10.1. The number of para-hydroxylation sites is 1. The highest BCUT2D eigenvalue weighted by atomic mass is 16.6. The van der Waals surface area contributed by atoms with Crippen LogP contribution in [0, 0.1) is 5.41 Å². The molecule has 1 fully saturated rings. The molecule has 0 bridgehead atoms. The minimum Gasteiger partial charge on any atom is -0.407 e. The van der Waals surface area contributed by atoms with Crippen molar-refractivity contribution < 1.29 is 9.31 Å². The van der Waals surface area contributed by atoms with Gasteiger partial charge in [-0.1, -0.05) is 71.9 Å². The molecule has 0 spiro atoms. The van der Waals surface area contributed by atoms with Gasteiger partial charge in [-0.2, -0.15) is 0 Å². The molecule has 0 unspecified atom stereocenters. The van der Waals surface area contributed by atoms with E-state index in [4.69, 9.17) is 9.31 Å². The Morgan fingerprint density at radius 3 is 2.11 bits per heavy atom. The molecular weight excluding hydrogens is 465 g/mol. The molecule has 0 atom stereocenters. The Morgan fingerprint density at radius 1 is 0.684 bits per heavy atom. The van der Waals surface area contributed by atoms with E-state index in [9.17, 15) is 0 Å². The van der Waals surface area contributed by atoms with Gasteiger partial charge in [-0.25, -0.2) is 0 Å². The predicted octanol–water partition coefficient (Wildman–Crippen LogP) is 8.07. The molecule has 4 aromatic rings. The number of hydrogen-bond acceptors (Lipinski definition) is 2. The Balaban J connectivity index is 1.55. The normalized spacial score (nSPS) is 21.8. The molecule has 3 nitrogen and oxygen atoms in total. The Morgan fingerprint density at radius 2 is 1.37 bits per heavy atom. The molecule has 2 heterocycles. The fourth-order valence-corrected chi connectivity index (χ4v) is 6.47. The zero-order chi connectivity index (χ0) is 27.1. The minimum atomic E-state index is -0.382. The van der Waals surface area contributed by atoms with Crippen LogP contribution in [0.1, 0.15) is 85.8 Å². The van der Waals surface area contributed by atoms with Crippen molar-refractivity contribution >= 4 is 34.4 Å². The molecule has 198 valence electrons. The van der Waals surface area contributed by atoms with E-state index in [1.165, 1.54) is 45.8 Å². The van der Waals surface area contributed by atoms with Crippen LogP contribution in [-0.4, -0.2) is 23.9 Å². The lowest BCUT2D eigenvalue weighted by Gasteiger charge is -2.42. The first kappa shape index (κ1) is 25.7. The lowest BCUT2D eigenvalue weighted by Crippen LogP contribution is -2.47. The van der Waals surface area contributed by atoms with E-state index in [0.717, 1.165) is 17.6 Å². The average Bonchev–Trinajstić information content (AvgIpc) is 3.13. The highest BCUT2D eigenvalue weighted by Crippen LogP contribution is 2.48. The zero-order valence-electron chi connectivity index (χ0n) is 24.4. The van der Waals surface area contributed by atoms with Gasteiger partial charge in [-0.3, -0.25) is 0 Å². The second-order valence-electron chi connectivity index (χ2n) is 14.1. The smallest absolute Gasteiger partial charge is 0.407 e. The molecule has 6 rings (SSSR count). The maximum absolute atomic E-state index is 6.64. The summed E-state index contributed by atoms with van der Waals surface area (Å²) in [5.74, 6) is 0. The number of benzene rings is 3. The summed E-state index contributed by atoms with van der Waals surface area (Å²) in [5, 5.41) is 2.64. The third kappa shape index (κ3) is 3.95. The van der Waals surface area contributed by atoms with Crippen molar-refractivity contribution in [2.75, 3.05) is 6.61 Å². The zero-order valence-corrected chi connectivity index (χ0v) is 24.4. The molecule has 38 heavy (non-hydrogen) atoms. The van der Waals surface area contributed by atoms with E-state index in [1.54, 1.807) is 0 Å². The minimum absolute atomic E-state index is 0.0336. The highest BCUT2D eigenvalue weighted by Gasteiger charge is 2.44. The van der Waals surface area contributed by atoms with Crippen LogP contribution in [0.4, 0.5) is 0 Å². The van der Waals surface area contributed by atoms with Gasteiger partial charge in [-0.05, 0) is 96.3 Å². The van der Waals surface area contributed by atoms with Crippen molar-refractivity contribution in [1.82, 2.24) is 4.57 Å². The maximum Gasteiger partial charge on any atom is 0.494 e. The Labute approximate surface area is 228 Å². The lowest BCUT2D eigenvalue weighted by molar-refractivity contribution is -0.00978. The molecule has 1 aliphatic carbocycles. The van der Waals surface area contributed by atoms with Crippen molar-refractivity contribution in [3.63, 3.8) is 0 Å². The molecule has 0 N–H and O–H groups in total. The van der Waals surface area contributed by atoms with E-state index >= 15 is 0 Å². The van der Waals surface area contributed by atoms with Gasteiger partial charge in [-0.15, -0.1) is 0 Å². The quantitative estimate of drug-likeness (QED) is 0.256. The second-order valence-corrected chi connectivity index (χ2v) is 14.1. The molecular formula is C34H42BNO2. The number of fused-ring (bicyclic) bond motifs is 4. The van der Waals surface area contributed by atoms with E-state index in [1.807, 2.05) is 0 Å². The highest BCUT2D eigenvalue weighted by molar-refractivity contribution is 6.61. The monoisotopic (exact) mass is 507 g/mol. The van der Waals surface area contributed by atoms with Crippen LogP contribution in [0.15, 0.2) is 60.7 Å². The van der Waals surface area contributed by atoms with Gasteiger partial charge >= 0.3 is 7.12 Å². The van der Waals surface area contributed by atoms with E-state index in [0.29, 0.717) is 6.61 Å². The van der Waals surface area contributed by atoms with Crippen LogP contribution in [0.25, 0.3) is 27.5 Å². The number of aromatic nitrogens is 1. The standard InChI is InChI=1S/C34H42BNO2/c1-31(2)16-17-32(3,4)28-22-30-26(21-27(28)31)25-14-9-10-15-29(25)36(30)24-13-11-12-23(20-24)35-37-19-18-33(5,6)34(7,8)38-35/h9-15,20-22H,16-19H2,1-8H3. The van der Waals surface area contributed by atoms with Crippen LogP contribution in [-0.2, 0) is 20.1 Å². The van der Waals surface area contributed by atoms with Crippen molar-refractivity contribution in [3.05, 3.63) is 71.8 Å². The molecule has 0 amide bonds. The third-order valence-electron chi connectivity index (χ3n) is 10.1. The first-order valence-corrected chi connectivity index (χ1v) is 14.3. The van der Waals surface area contributed by atoms with Gasteiger partial charge in [0.15, 0.2) is 0 Å². The Hall–Kier alpha value is -2.56. The topological polar surface area (TPSA) is 23.4 Å². The molecule has 1 aromatic heterocycles. The second kappa shape index (κ2) is 8.47. The SMILES string of the molecule is CC1(C)CCC(C)(C)c2cc3c(cc21)c1ccccc1n3-c1cccc(B2OCCC(C)(C)C(C)(C)O2)c1. The van der Waals surface area contributed by atoms with Crippen LogP contribution >= 0.6 is 0 Å². The van der Waals surface area contributed by atoms with Crippen molar-refractivity contribution in [1.29, 1.82) is 0 Å². The lowest BCUT2D eigenvalue weighted by atomic mass is 9.63. The maximum atomic E-state index is 6.64. The van der Waals surface area contributed by atoms with Crippen molar-refractivity contribution in [3.8, 4) is 5.69 Å². The summed E-state index contributed by atoms with van der Waals surface area (Å²) >= 11 is 0. The Bertz CT molecular complexity index is 1540. The molecule has 1 aliphatic heterocycles. The molecule has 3 aromatic carbocycles. The van der Waals surface area contributed by atoms with Gasteiger partial charge in [0.05, 0.1) is 16.6 Å². The van der Waals surface area contributed by atoms with Gasteiger partial charge in [0.25, 0.3) is 0 Å². The molecule has 0 radical (unpaired) electrons. The van der Waals surface area contributed by atoms with Crippen LogP contribution in [0.2, 0.25) is 0 Å². The van der Waals surface area contributed by atoms with Crippen molar-refractivity contribution in [2.24, 2.45) is 5.41 Å². The molecule has 4 heteroatoms. The Kier molecular flexibility index (Phi) is 5.73. The van der Waals surface area contributed by atoms with E-state index < -0.39 is 0 Å². The summed E-state index contributed by atoms with van der Waals surface area (Å²) in [6.45, 7) is 19.3. The van der Waals surface area contributed by atoms with Gasteiger partial charge in [0, 0.05) is 23.1 Å². The summed E-state index contributed by atoms with van der Waals surface area (Å²) in [5.41, 5.74) is 7.79. The fourth-order valence-electron chi connectivity index (χ4n) is 6.47. The molecule has 0 saturated carbocycles. The van der Waals surface area contributed by atoms with E-state index in [-0.39, 0.29) is 29.0 Å². The van der Waals surface area contributed by atoms with Gasteiger partial charge < -0.3 is 13.9 Å². The van der Waals surface area contributed by atoms with Gasteiger partial charge in [0.1, 0.15) is 0 Å². The average molecular weight is 508 g/mol. The summed E-state index contributed by atoms with van der Waals surface area (Å²) in [6, 6.07) is 22.6.